The van der Waals surface area contributed by atoms with Crippen molar-refractivity contribution in [3.8, 4) is 11.5 Å². The van der Waals surface area contributed by atoms with Crippen molar-refractivity contribution in [1.82, 2.24) is 10.1 Å². The molecule has 0 unspecified atom stereocenters. The third-order valence-corrected chi connectivity index (χ3v) is 3.75. The van der Waals surface area contributed by atoms with Crippen molar-refractivity contribution in [3.05, 3.63) is 35.2 Å². The summed E-state index contributed by atoms with van der Waals surface area (Å²) in [6.07, 6.45) is 1.57. The summed E-state index contributed by atoms with van der Waals surface area (Å²) in [7, 11) is 0. The maximum Gasteiger partial charge on any atom is 0.258 e. The van der Waals surface area contributed by atoms with Crippen LogP contribution < -0.4 is 5.73 Å². The summed E-state index contributed by atoms with van der Waals surface area (Å²) in [6.45, 7) is 8.18. The fourth-order valence-corrected chi connectivity index (χ4v) is 2.15. The van der Waals surface area contributed by atoms with Crippen LogP contribution >= 0.6 is 0 Å². The van der Waals surface area contributed by atoms with Gasteiger partial charge in [0.15, 0.2) is 5.82 Å². The van der Waals surface area contributed by atoms with Gasteiger partial charge in [0.1, 0.15) is 0 Å². The molecule has 0 saturated heterocycles. The van der Waals surface area contributed by atoms with Crippen molar-refractivity contribution in [2.75, 3.05) is 0 Å². The molecule has 0 aliphatic rings. The topological polar surface area (TPSA) is 64.9 Å². The number of hydrogen-bond acceptors (Lipinski definition) is 4. The third kappa shape index (κ3) is 2.54. The Balaban J connectivity index is 2.41. The van der Waals surface area contributed by atoms with Crippen LogP contribution in [-0.2, 0) is 5.54 Å². The van der Waals surface area contributed by atoms with Crippen LogP contribution in [0.5, 0.6) is 0 Å². The predicted molar refractivity (Wildman–Crippen MR) is 75.7 cm³/mol. The molecule has 1 aromatic carbocycles. The monoisotopic (exact) mass is 259 g/mol. The van der Waals surface area contributed by atoms with Gasteiger partial charge >= 0.3 is 0 Å². The summed E-state index contributed by atoms with van der Waals surface area (Å²) < 4.78 is 5.38. The fraction of sp³-hybridized carbons (Fsp3) is 0.467. The lowest BCUT2D eigenvalue weighted by molar-refractivity contribution is 0.350. The predicted octanol–water partition coefficient (Wildman–Crippen LogP) is 3.33. The summed E-state index contributed by atoms with van der Waals surface area (Å²) >= 11 is 0. The Kier molecular flexibility index (Phi) is 3.71. The lowest BCUT2D eigenvalue weighted by Crippen LogP contribution is -2.36. The zero-order valence-electron chi connectivity index (χ0n) is 12.0. The highest BCUT2D eigenvalue weighted by Crippen LogP contribution is 2.27. The molecule has 102 valence electrons. The van der Waals surface area contributed by atoms with E-state index in [0.717, 1.165) is 24.0 Å². The second-order valence-electron chi connectivity index (χ2n) is 5.10. The highest BCUT2D eigenvalue weighted by Gasteiger charge is 2.29. The minimum Gasteiger partial charge on any atom is -0.334 e. The molecule has 0 fully saturated rings. The van der Waals surface area contributed by atoms with Crippen molar-refractivity contribution in [3.63, 3.8) is 0 Å². The van der Waals surface area contributed by atoms with E-state index in [9.17, 15) is 0 Å². The average molecular weight is 259 g/mol. The van der Waals surface area contributed by atoms with Crippen molar-refractivity contribution in [2.24, 2.45) is 5.73 Å². The first kappa shape index (κ1) is 13.7. The van der Waals surface area contributed by atoms with Gasteiger partial charge in [-0.25, -0.2) is 0 Å². The second-order valence-corrected chi connectivity index (χ2v) is 5.10. The number of nitrogens with two attached hydrogens (primary N) is 1. The maximum absolute atomic E-state index is 6.29. The highest BCUT2D eigenvalue weighted by atomic mass is 16.5. The van der Waals surface area contributed by atoms with Gasteiger partial charge in [-0.3, -0.25) is 0 Å². The normalized spacial score (nSPS) is 11.8. The van der Waals surface area contributed by atoms with Gasteiger partial charge in [-0.2, -0.15) is 4.98 Å². The third-order valence-electron chi connectivity index (χ3n) is 3.75. The minimum atomic E-state index is -0.500. The summed E-state index contributed by atoms with van der Waals surface area (Å²) in [5, 5.41) is 4.06. The molecule has 0 amide bonds. The Morgan fingerprint density at radius 2 is 1.89 bits per heavy atom. The van der Waals surface area contributed by atoms with Gasteiger partial charge in [0.2, 0.25) is 0 Å². The summed E-state index contributed by atoms with van der Waals surface area (Å²) in [4.78, 5) is 4.48. The molecule has 19 heavy (non-hydrogen) atoms. The van der Waals surface area contributed by atoms with E-state index in [2.05, 4.69) is 23.1 Å². The van der Waals surface area contributed by atoms with E-state index in [4.69, 9.17) is 10.3 Å². The fourth-order valence-electron chi connectivity index (χ4n) is 2.15. The Hall–Kier alpha value is -1.68. The molecule has 0 spiro atoms. The van der Waals surface area contributed by atoms with E-state index >= 15 is 0 Å². The Labute approximate surface area is 114 Å². The molecule has 4 nitrogen and oxygen atoms in total. The maximum atomic E-state index is 6.29. The Morgan fingerprint density at radius 1 is 1.21 bits per heavy atom. The van der Waals surface area contributed by atoms with Crippen LogP contribution in [-0.4, -0.2) is 10.1 Å². The van der Waals surface area contributed by atoms with Gasteiger partial charge in [-0.1, -0.05) is 36.7 Å². The van der Waals surface area contributed by atoms with E-state index in [1.807, 2.05) is 32.9 Å². The zero-order valence-corrected chi connectivity index (χ0v) is 12.0. The first-order valence-corrected chi connectivity index (χ1v) is 6.71. The molecule has 0 atom stereocenters. The van der Waals surface area contributed by atoms with Crippen molar-refractivity contribution in [1.29, 1.82) is 0 Å². The minimum absolute atomic E-state index is 0.500. The molecule has 2 N–H and O–H groups in total. The van der Waals surface area contributed by atoms with Gasteiger partial charge in [-0.15, -0.1) is 0 Å². The van der Waals surface area contributed by atoms with Crippen LogP contribution in [0.25, 0.3) is 11.5 Å². The molecule has 1 heterocycles. The molecule has 0 saturated carbocycles. The quantitative estimate of drug-likeness (QED) is 0.914. The number of nitrogens with zero attached hydrogens (tertiary/aromatic N) is 2. The molecule has 1 aromatic heterocycles. The number of hydrogen-bond donors (Lipinski definition) is 1. The van der Waals surface area contributed by atoms with Gasteiger partial charge in [0, 0.05) is 5.56 Å². The van der Waals surface area contributed by atoms with Crippen LogP contribution in [0.3, 0.4) is 0 Å². The second kappa shape index (κ2) is 5.13. The SMILES string of the molecule is CCC(N)(CC)c1noc(-c2ccc(C)cc2C)n1. The number of aromatic nitrogens is 2. The van der Waals surface area contributed by atoms with Gasteiger partial charge in [0.05, 0.1) is 5.54 Å². The number of benzene rings is 1. The first-order chi connectivity index (χ1) is 9.00. The van der Waals surface area contributed by atoms with E-state index in [0.29, 0.717) is 11.7 Å². The van der Waals surface area contributed by atoms with E-state index in [1.54, 1.807) is 0 Å². The first-order valence-electron chi connectivity index (χ1n) is 6.71. The van der Waals surface area contributed by atoms with Gasteiger partial charge in [-0.05, 0) is 38.3 Å². The summed E-state index contributed by atoms with van der Waals surface area (Å²) in [5.41, 5.74) is 9.11. The Bertz CT molecular complexity index is 571. The van der Waals surface area contributed by atoms with E-state index in [1.165, 1.54) is 5.56 Å². The van der Waals surface area contributed by atoms with Crippen molar-refractivity contribution >= 4 is 0 Å². The molecule has 2 rings (SSSR count). The number of aryl methyl sites for hydroxylation is 2. The Morgan fingerprint density at radius 3 is 2.47 bits per heavy atom. The number of rotatable bonds is 4. The van der Waals surface area contributed by atoms with Crippen molar-refractivity contribution in [2.45, 2.75) is 46.1 Å². The molecule has 4 heteroatoms. The van der Waals surface area contributed by atoms with Gasteiger partial charge in [0.25, 0.3) is 5.89 Å². The standard InChI is InChI=1S/C15H21N3O/c1-5-15(16,6-2)14-17-13(19-18-14)12-8-7-10(3)9-11(12)4/h7-9H,5-6,16H2,1-4H3. The van der Waals surface area contributed by atoms with Crippen molar-refractivity contribution < 1.29 is 4.52 Å². The van der Waals surface area contributed by atoms with Crippen LogP contribution in [0.15, 0.2) is 22.7 Å². The van der Waals surface area contributed by atoms with Crippen LogP contribution in [0.2, 0.25) is 0 Å². The highest BCUT2D eigenvalue weighted by molar-refractivity contribution is 5.58. The molecule has 0 aliphatic carbocycles. The van der Waals surface area contributed by atoms with Crippen LogP contribution in [0.1, 0.15) is 43.6 Å². The summed E-state index contributed by atoms with van der Waals surface area (Å²) in [6, 6.07) is 6.16. The molecule has 0 bridgehead atoms. The molecule has 0 aliphatic heterocycles. The molecule has 0 radical (unpaired) electrons. The summed E-state index contributed by atoms with van der Waals surface area (Å²) in [5.74, 6) is 1.14. The lowest BCUT2D eigenvalue weighted by Gasteiger charge is -2.21. The van der Waals surface area contributed by atoms with Crippen LogP contribution in [0.4, 0.5) is 0 Å². The largest absolute Gasteiger partial charge is 0.334 e. The molecular weight excluding hydrogens is 238 g/mol. The zero-order chi connectivity index (χ0) is 14.0. The lowest BCUT2D eigenvalue weighted by atomic mass is 9.93. The van der Waals surface area contributed by atoms with E-state index in [-0.39, 0.29) is 0 Å². The van der Waals surface area contributed by atoms with Crippen LogP contribution in [0, 0.1) is 13.8 Å². The molecular formula is C15H21N3O. The molecule has 2 aromatic rings. The smallest absolute Gasteiger partial charge is 0.258 e. The van der Waals surface area contributed by atoms with E-state index < -0.39 is 5.54 Å². The average Bonchev–Trinajstić information content (AvgIpc) is 2.88. The van der Waals surface area contributed by atoms with Gasteiger partial charge < -0.3 is 10.3 Å².